The quantitative estimate of drug-likeness (QED) is 0.721. The number of anilines is 1. The van der Waals surface area contributed by atoms with E-state index in [1.807, 2.05) is 61.2 Å². The summed E-state index contributed by atoms with van der Waals surface area (Å²) >= 11 is 1.39. The number of aliphatic imine (C=N–C) groups is 1. The molecule has 30 heavy (non-hydrogen) atoms. The van der Waals surface area contributed by atoms with Crippen LogP contribution in [0.25, 0.3) is 0 Å². The number of para-hydroxylation sites is 1. The lowest BCUT2D eigenvalue weighted by atomic mass is 10.1. The monoisotopic (exact) mass is 444 g/mol. The molecule has 2 atom stereocenters. The van der Waals surface area contributed by atoms with Crippen LogP contribution in [0.4, 0.5) is 5.69 Å². The highest BCUT2D eigenvalue weighted by atomic mass is 32.2. The first-order valence-electron chi connectivity index (χ1n) is 9.75. The molecule has 4 rings (SSSR count). The number of aryl methyl sites for hydroxylation is 1. The Morgan fingerprint density at radius 1 is 1.17 bits per heavy atom. The number of methoxy groups -OCH3 is 1. The summed E-state index contributed by atoms with van der Waals surface area (Å²) in [6.45, 7) is 4.04. The number of benzene rings is 2. The molecule has 2 aromatic carbocycles. The number of amidine groups is 1. The van der Waals surface area contributed by atoms with Crippen molar-refractivity contribution in [3.05, 3.63) is 59.2 Å². The van der Waals surface area contributed by atoms with Crippen LogP contribution < -0.4 is 9.64 Å². The van der Waals surface area contributed by atoms with Crippen molar-refractivity contribution in [2.45, 2.75) is 31.6 Å². The third-order valence-corrected chi connectivity index (χ3v) is 8.87. The maximum absolute atomic E-state index is 12.8. The van der Waals surface area contributed by atoms with Crippen molar-refractivity contribution in [3.8, 4) is 5.75 Å². The number of carbonyl (C=O) groups excluding carboxylic acids is 1. The van der Waals surface area contributed by atoms with Crippen molar-refractivity contribution >= 4 is 38.4 Å². The molecule has 2 aliphatic heterocycles. The number of hydrogen-bond acceptors (Lipinski definition) is 5. The van der Waals surface area contributed by atoms with Gasteiger partial charge in [-0.1, -0.05) is 42.1 Å². The zero-order valence-electron chi connectivity index (χ0n) is 17.2. The molecule has 158 valence electrons. The Labute approximate surface area is 181 Å². The van der Waals surface area contributed by atoms with Gasteiger partial charge in [0.25, 0.3) is 5.91 Å². The summed E-state index contributed by atoms with van der Waals surface area (Å²) in [5.74, 6) is 0.570. The van der Waals surface area contributed by atoms with Gasteiger partial charge in [0.05, 0.1) is 31.1 Å². The van der Waals surface area contributed by atoms with Crippen molar-refractivity contribution in [1.29, 1.82) is 0 Å². The lowest BCUT2D eigenvalue weighted by Crippen LogP contribution is -2.38. The molecule has 2 saturated heterocycles. The molecular formula is C22H24N2O4S2. The number of rotatable bonds is 4. The minimum Gasteiger partial charge on any atom is -0.496 e. The maximum atomic E-state index is 12.8. The number of hydrogen-bond donors (Lipinski definition) is 0. The summed E-state index contributed by atoms with van der Waals surface area (Å²) in [6, 6.07) is 13.1. The van der Waals surface area contributed by atoms with Gasteiger partial charge in [-0.3, -0.25) is 4.79 Å². The number of ether oxygens (including phenoxy) is 1. The summed E-state index contributed by atoms with van der Waals surface area (Å²) in [7, 11) is -1.52. The van der Waals surface area contributed by atoms with Crippen LogP contribution in [0.15, 0.2) is 47.5 Å². The second-order valence-electron chi connectivity index (χ2n) is 7.67. The van der Waals surface area contributed by atoms with Gasteiger partial charge in [-0.25, -0.2) is 8.42 Å². The van der Waals surface area contributed by atoms with Gasteiger partial charge in [0.2, 0.25) is 0 Å². The van der Waals surface area contributed by atoms with E-state index in [9.17, 15) is 13.2 Å². The van der Waals surface area contributed by atoms with Crippen molar-refractivity contribution in [2.24, 2.45) is 4.99 Å². The van der Waals surface area contributed by atoms with Gasteiger partial charge < -0.3 is 9.64 Å². The van der Waals surface area contributed by atoms with Crippen LogP contribution in [0.2, 0.25) is 0 Å². The fourth-order valence-electron chi connectivity index (χ4n) is 4.00. The minimum atomic E-state index is -3.10. The Morgan fingerprint density at radius 3 is 2.70 bits per heavy atom. The molecule has 0 aromatic heterocycles. The van der Waals surface area contributed by atoms with E-state index < -0.39 is 9.84 Å². The number of thioether (sulfide) groups is 1. The van der Waals surface area contributed by atoms with E-state index in [4.69, 9.17) is 4.74 Å². The Bertz CT molecular complexity index is 1130. The van der Waals surface area contributed by atoms with E-state index >= 15 is 0 Å². The molecule has 0 spiro atoms. The van der Waals surface area contributed by atoms with E-state index in [0.29, 0.717) is 10.9 Å². The summed E-state index contributed by atoms with van der Waals surface area (Å²) in [5.41, 5.74) is 3.86. The second-order valence-corrected chi connectivity index (χ2v) is 11.0. The van der Waals surface area contributed by atoms with Crippen LogP contribution >= 0.6 is 11.8 Å². The molecule has 0 N–H and O–H groups in total. The molecule has 0 bridgehead atoms. The molecule has 8 heteroatoms. The summed E-state index contributed by atoms with van der Waals surface area (Å²) in [4.78, 5) is 19.2. The fraction of sp³-hybridized carbons (Fsp3) is 0.364. The van der Waals surface area contributed by atoms with E-state index in [-0.39, 0.29) is 35.1 Å². The van der Waals surface area contributed by atoms with Crippen molar-refractivity contribution in [1.82, 2.24) is 0 Å². The van der Waals surface area contributed by atoms with E-state index in [1.54, 1.807) is 7.11 Å². The minimum absolute atomic E-state index is 0.0811. The Hall–Kier alpha value is -2.32. The van der Waals surface area contributed by atoms with Crippen molar-refractivity contribution in [3.63, 3.8) is 0 Å². The van der Waals surface area contributed by atoms with E-state index in [2.05, 4.69) is 4.99 Å². The molecule has 2 aromatic rings. The van der Waals surface area contributed by atoms with Gasteiger partial charge in [0.15, 0.2) is 15.0 Å². The Kier molecular flexibility index (Phi) is 5.63. The molecule has 2 aliphatic rings. The summed E-state index contributed by atoms with van der Waals surface area (Å²) < 4.78 is 29.8. The predicted molar refractivity (Wildman–Crippen MR) is 121 cm³/mol. The number of carbonyl (C=O) groups is 1. The molecule has 2 heterocycles. The molecule has 0 aliphatic carbocycles. The van der Waals surface area contributed by atoms with Crippen LogP contribution in [0.1, 0.15) is 16.7 Å². The van der Waals surface area contributed by atoms with Gasteiger partial charge in [-0.2, -0.15) is 4.99 Å². The molecule has 0 saturated carbocycles. The van der Waals surface area contributed by atoms with Gasteiger partial charge in [-0.05, 0) is 37.1 Å². The summed E-state index contributed by atoms with van der Waals surface area (Å²) in [5, 5.41) is 0.459. The topological polar surface area (TPSA) is 76.0 Å². The van der Waals surface area contributed by atoms with Gasteiger partial charge in [-0.15, -0.1) is 0 Å². The third-order valence-electron chi connectivity index (χ3n) is 5.66. The maximum Gasteiger partial charge on any atom is 0.252 e. The normalized spacial score (nSPS) is 23.6. The highest BCUT2D eigenvalue weighted by Gasteiger charge is 2.49. The third kappa shape index (κ3) is 3.98. The molecular weight excluding hydrogens is 420 g/mol. The smallest absolute Gasteiger partial charge is 0.252 e. The first-order chi connectivity index (χ1) is 14.3. The Morgan fingerprint density at radius 2 is 1.93 bits per heavy atom. The average Bonchev–Trinajstić information content (AvgIpc) is 3.15. The van der Waals surface area contributed by atoms with Gasteiger partial charge in [0, 0.05) is 16.5 Å². The molecule has 6 nitrogen and oxygen atoms in total. The lowest BCUT2D eigenvalue weighted by molar-refractivity contribution is -0.117. The van der Waals surface area contributed by atoms with Crippen molar-refractivity contribution < 1.29 is 17.9 Å². The molecule has 0 unspecified atom stereocenters. The summed E-state index contributed by atoms with van der Waals surface area (Å²) in [6.07, 6.45) is 0.127. The SMILES string of the molecule is COc1ccccc1CC(=O)N=C1S[C@@H]2CS(=O)(=O)C[C@H]2N1c1cccc(C)c1C. The zero-order chi connectivity index (χ0) is 21.5. The van der Waals surface area contributed by atoms with Crippen LogP contribution in [-0.4, -0.2) is 49.4 Å². The first-order valence-corrected chi connectivity index (χ1v) is 12.4. The number of amides is 1. The van der Waals surface area contributed by atoms with E-state index in [1.165, 1.54) is 11.8 Å². The zero-order valence-corrected chi connectivity index (χ0v) is 18.8. The van der Waals surface area contributed by atoms with E-state index in [0.717, 1.165) is 22.4 Å². The number of fused-ring (bicyclic) bond motifs is 1. The van der Waals surface area contributed by atoms with Crippen LogP contribution in [0.5, 0.6) is 5.75 Å². The number of nitrogens with zero attached hydrogens (tertiary/aromatic N) is 2. The molecule has 2 fully saturated rings. The largest absolute Gasteiger partial charge is 0.496 e. The second kappa shape index (κ2) is 8.07. The highest BCUT2D eigenvalue weighted by Crippen LogP contribution is 2.42. The Balaban J connectivity index is 1.69. The highest BCUT2D eigenvalue weighted by molar-refractivity contribution is 8.16. The van der Waals surface area contributed by atoms with Gasteiger partial charge in [0.1, 0.15) is 5.75 Å². The molecule has 0 radical (unpaired) electrons. The van der Waals surface area contributed by atoms with Crippen LogP contribution in [-0.2, 0) is 21.1 Å². The van der Waals surface area contributed by atoms with Crippen molar-refractivity contribution in [2.75, 3.05) is 23.5 Å². The lowest BCUT2D eigenvalue weighted by Gasteiger charge is -2.26. The van der Waals surface area contributed by atoms with Crippen LogP contribution in [0, 0.1) is 13.8 Å². The standard InChI is InChI=1S/C22H24N2O4S2/c1-14-7-6-9-17(15(14)2)24-18-12-30(26,27)13-20(18)29-22(24)23-21(25)11-16-8-4-5-10-19(16)28-3/h4-10,18,20H,11-13H2,1-3H3/t18-,20-/m1/s1. The van der Waals surface area contributed by atoms with Crippen LogP contribution in [0.3, 0.4) is 0 Å². The first kappa shape index (κ1) is 20.9. The van der Waals surface area contributed by atoms with Gasteiger partial charge >= 0.3 is 0 Å². The number of sulfone groups is 1. The average molecular weight is 445 g/mol. The predicted octanol–water partition coefficient (Wildman–Crippen LogP) is 3.16. The molecule has 1 amide bonds. The fourth-order valence-corrected chi connectivity index (χ4v) is 7.93.